The van der Waals surface area contributed by atoms with Crippen molar-refractivity contribution in [1.29, 1.82) is 0 Å². The summed E-state index contributed by atoms with van der Waals surface area (Å²) in [5.74, 6) is 0. The maximum atomic E-state index is 12.6. The first kappa shape index (κ1) is 18.8. The fraction of sp³-hybridized carbons (Fsp3) is 0.333. The lowest BCUT2D eigenvalue weighted by atomic mass is 10.1. The minimum absolute atomic E-state index is 0.227. The van der Waals surface area contributed by atoms with Gasteiger partial charge in [0.05, 0.1) is 11.3 Å². The van der Waals surface area contributed by atoms with Gasteiger partial charge in [0.2, 0.25) is 0 Å². The Hall–Kier alpha value is -2.57. The van der Waals surface area contributed by atoms with E-state index in [-0.39, 0.29) is 6.54 Å². The Labute approximate surface area is 144 Å². The van der Waals surface area contributed by atoms with E-state index < -0.39 is 23.4 Å². The molecule has 134 valence electrons. The first-order chi connectivity index (χ1) is 11.5. The number of halogens is 3. The zero-order valence-corrected chi connectivity index (χ0v) is 14.1. The second-order valence-electron chi connectivity index (χ2n) is 6.48. The third-order valence-electron chi connectivity index (χ3n) is 3.17. The number of ether oxygens (including phenoxy) is 1. The molecule has 1 aromatic heterocycles. The van der Waals surface area contributed by atoms with Crippen molar-refractivity contribution >= 4 is 6.09 Å². The standard InChI is InChI=1S/C18H19F3N2O2/c1-17(2,3)25-16(24)23-11-12-8-9-22-15(10-12)13-4-6-14(7-5-13)18(19,20)21/h4-10H,11H2,1-3H3,(H,23,24). The number of carbonyl (C=O) groups excluding carboxylic acids is 1. The van der Waals surface area contributed by atoms with Crippen LogP contribution in [0, 0.1) is 0 Å². The fourth-order valence-corrected chi connectivity index (χ4v) is 2.06. The SMILES string of the molecule is CC(C)(C)OC(=O)NCc1ccnc(-c2ccc(C(F)(F)F)cc2)c1. The van der Waals surface area contributed by atoms with Crippen LogP contribution in [0.2, 0.25) is 0 Å². The van der Waals surface area contributed by atoms with Gasteiger partial charge in [-0.3, -0.25) is 4.98 Å². The summed E-state index contributed by atoms with van der Waals surface area (Å²) < 4.78 is 43.0. The average molecular weight is 352 g/mol. The van der Waals surface area contributed by atoms with Gasteiger partial charge < -0.3 is 10.1 Å². The van der Waals surface area contributed by atoms with Crippen molar-refractivity contribution in [1.82, 2.24) is 10.3 Å². The van der Waals surface area contributed by atoms with E-state index >= 15 is 0 Å². The number of nitrogens with one attached hydrogen (secondary N) is 1. The third-order valence-corrected chi connectivity index (χ3v) is 3.17. The van der Waals surface area contributed by atoms with Crippen molar-refractivity contribution in [3.05, 3.63) is 53.7 Å². The number of alkyl halides is 3. The summed E-state index contributed by atoms with van der Waals surface area (Å²) in [6.07, 6.45) is -3.37. The molecule has 7 heteroatoms. The number of amides is 1. The molecule has 0 unspecified atom stereocenters. The van der Waals surface area contributed by atoms with Crippen LogP contribution in [0.4, 0.5) is 18.0 Å². The highest BCUT2D eigenvalue weighted by Crippen LogP contribution is 2.30. The Morgan fingerprint density at radius 2 is 1.76 bits per heavy atom. The molecule has 0 aliphatic carbocycles. The largest absolute Gasteiger partial charge is 0.444 e. The topological polar surface area (TPSA) is 51.2 Å². The van der Waals surface area contributed by atoms with Crippen molar-refractivity contribution in [3.63, 3.8) is 0 Å². The van der Waals surface area contributed by atoms with Crippen LogP contribution < -0.4 is 5.32 Å². The van der Waals surface area contributed by atoms with Gasteiger partial charge >= 0.3 is 12.3 Å². The van der Waals surface area contributed by atoms with Gasteiger partial charge in [-0.25, -0.2) is 4.79 Å². The number of carbonyl (C=O) groups is 1. The molecule has 0 saturated heterocycles. The first-order valence-corrected chi connectivity index (χ1v) is 7.64. The summed E-state index contributed by atoms with van der Waals surface area (Å²) >= 11 is 0. The molecule has 2 rings (SSSR count). The van der Waals surface area contributed by atoms with Crippen LogP contribution >= 0.6 is 0 Å². The highest BCUT2D eigenvalue weighted by atomic mass is 19.4. The molecule has 4 nitrogen and oxygen atoms in total. The lowest BCUT2D eigenvalue weighted by Gasteiger charge is -2.19. The van der Waals surface area contributed by atoms with E-state index in [0.29, 0.717) is 11.3 Å². The maximum Gasteiger partial charge on any atom is 0.416 e. The van der Waals surface area contributed by atoms with E-state index in [2.05, 4.69) is 10.3 Å². The van der Waals surface area contributed by atoms with Crippen molar-refractivity contribution in [3.8, 4) is 11.3 Å². The van der Waals surface area contributed by atoms with Crippen molar-refractivity contribution in [2.45, 2.75) is 39.1 Å². The molecule has 0 bridgehead atoms. The monoisotopic (exact) mass is 352 g/mol. The summed E-state index contributed by atoms with van der Waals surface area (Å²) in [6.45, 7) is 5.52. The van der Waals surface area contributed by atoms with Crippen molar-refractivity contribution in [2.75, 3.05) is 0 Å². The number of aromatic nitrogens is 1. The number of benzene rings is 1. The van der Waals surface area contributed by atoms with Crippen molar-refractivity contribution < 1.29 is 22.7 Å². The van der Waals surface area contributed by atoms with E-state index in [1.165, 1.54) is 12.1 Å². The molecule has 1 heterocycles. The summed E-state index contributed by atoms with van der Waals surface area (Å²) in [5, 5.41) is 2.63. The van der Waals surface area contributed by atoms with Crippen LogP contribution in [0.15, 0.2) is 42.6 Å². The third kappa shape index (κ3) is 5.77. The molecule has 0 atom stereocenters. The number of alkyl carbamates (subject to hydrolysis) is 1. The second-order valence-corrected chi connectivity index (χ2v) is 6.48. The van der Waals surface area contributed by atoms with Crippen LogP contribution in [0.3, 0.4) is 0 Å². The van der Waals surface area contributed by atoms with Gasteiger partial charge in [-0.15, -0.1) is 0 Å². The molecule has 2 aromatic rings. The Kier molecular flexibility index (Phi) is 5.35. The molecule has 0 radical (unpaired) electrons. The average Bonchev–Trinajstić information content (AvgIpc) is 2.51. The lowest BCUT2D eigenvalue weighted by Crippen LogP contribution is -2.32. The predicted octanol–water partition coefficient (Wildman–Crippen LogP) is 4.79. The van der Waals surface area contributed by atoms with Crippen LogP contribution in [0.5, 0.6) is 0 Å². The smallest absolute Gasteiger partial charge is 0.416 e. The predicted molar refractivity (Wildman–Crippen MR) is 87.7 cm³/mol. The van der Waals surface area contributed by atoms with Gasteiger partial charge in [0, 0.05) is 18.3 Å². The number of hydrogen-bond acceptors (Lipinski definition) is 3. The normalized spacial score (nSPS) is 11.9. The van der Waals surface area contributed by atoms with Gasteiger partial charge in [-0.05, 0) is 50.6 Å². The van der Waals surface area contributed by atoms with Gasteiger partial charge in [0.25, 0.3) is 0 Å². The molecule has 0 aliphatic heterocycles. The van der Waals surface area contributed by atoms with Gasteiger partial charge in [0.1, 0.15) is 5.60 Å². The van der Waals surface area contributed by atoms with Gasteiger partial charge in [-0.2, -0.15) is 13.2 Å². The summed E-state index contributed by atoms with van der Waals surface area (Å²) in [5.41, 5.74) is 0.548. The number of pyridine rings is 1. The van der Waals surface area contributed by atoms with E-state index in [0.717, 1.165) is 17.7 Å². The summed E-state index contributed by atoms with van der Waals surface area (Å²) in [6, 6.07) is 8.20. The summed E-state index contributed by atoms with van der Waals surface area (Å²) in [4.78, 5) is 15.8. The van der Waals surface area contributed by atoms with Gasteiger partial charge in [-0.1, -0.05) is 12.1 Å². The van der Waals surface area contributed by atoms with Crippen LogP contribution in [-0.2, 0) is 17.5 Å². The molecule has 1 aromatic carbocycles. The molecule has 25 heavy (non-hydrogen) atoms. The minimum Gasteiger partial charge on any atom is -0.444 e. The molecule has 1 N–H and O–H groups in total. The van der Waals surface area contributed by atoms with Crippen LogP contribution in [0.25, 0.3) is 11.3 Å². The van der Waals surface area contributed by atoms with E-state index in [1.807, 2.05) is 0 Å². The second kappa shape index (κ2) is 7.13. The summed E-state index contributed by atoms with van der Waals surface area (Å²) in [7, 11) is 0. The maximum absolute atomic E-state index is 12.6. The molecular weight excluding hydrogens is 333 g/mol. The molecule has 0 fully saturated rings. The molecular formula is C18H19F3N2O2. The lowest BCUT2D eigenvalue weighted by molar-refractivity contribution is -0.137. The number of rotatable bonds is 3. The van der Waals surface area contributed by atoms with E-state index in [4.69, 9.17) is 4.74 Å². The number of hydrogen-bond donors (Lipinski definition) is 1. The zero-order chi connectivity index (χ0) is 18.7. The quantitative estimate of drug-likeness (QED) is 0.864. The van der Waals surface area contributed by atoms with Gasteiger partial charge in [0.15, 0.2) is 0 Å². The zero-order valence-electron chi connectivity index (χ0n) is 14.1. The highest BCUT2D eigenvalue weighted by molar-refractivity contribution is 5.68. The van der Waals surface area contributed by atoms with E-state index in [1.54, 1.807) is 39.1 Å². The highest BCUT2D eigenvalue weighted by Gasteiger charge is 2.30. The van der Waals surface area contributed by atoms with Crippen molar-refractivity contribution in [2.24, 2.45) is 0 Å². The molecule has 1 amide bonds. The minimum atomic E-state index is -4.37. The first-order valence-electron chi connectivity index (χ1n) is 7.64. The Bertz CT molecular complexity index is 735. The number of nitrogens with zero attached hydrogens (tertiary/aromatic N) is 1. The Morgan fingerprint density at radius 1 is 1.12 bits per heavy atom. The molecule has 0 spiro atoms. The Morgan fingerprint density at radius 3 is 2.32 bits per heavy atom. The molecule has 0 aliphatic rings. The fourth-order valence-electron chi connectivity index (χ4n) is 2.06. The molecule has 0 saturated carbocycles. The van der Waals surface area contributed by atoms with Crippen LogP contribution in [-0.4, -0.2) is 16.7 Å². The van der Waals surface area contributed by atoms with E-state index in [9.17, 15) is 18.0 Å². The van der Waals surface area contributed by atoms with Crippen LogP contribution in [0.1, 0.15) is 31.9 Å². The Balaban J connectivity index is 2.07.